The van der Waals surface area contributed by atoms with Crippen LogP contribution in [0.3, 0.4) is 0 Å². The Bertz CT molecular complexity index is 1310. The fourth-order valence-electron chi connectivity index (χ4n) is 4.64. The number of carbonyl (C=O) groups is 1. The van der Waals surface area contributed by atoms with Crippen LogP contribution in [0.5, 0.6) is 0 Å². The first kappa shape index (κ1) is 22.6. The standard InChI is InChI=1S/C28H24BrNO4/c29-26-18-8-2-1-7-17(18)13-14-23(26)27(32)25(31)15-30-28(33)34-16-24-21-11-5-3-9-19(21)20-10-4-6-12-22(20)24/h1-14,24-25,27,31-32H,15-16H2,(H,30,33). The van der Waals surface area contributed by atoms with Gasteiger partial charge in [-0.3, -0.25) is 0 Å². The second-order valence-corrected chi connectivity index (χ2v) is 9.20. The second kappa shape index (κ2) is 9.58. The predicted molar refractivity (Wildman–Crippen MR) is 136 cm³/mol. The minimum absolute atomic E-state index is 0.0396. The molecule has 172 valence electrons. The molecule has 1 amide bonds. The monoisotopic (exact) mass is 517 g/mol. The molecule has 3 N–H and O–H groups in total. The molecule has 0 spiro atoms. The Kier molecular flexibility index (Phi) is 6.37. The number of carbonyl (C=O) groups excluding carboxylic acids is 1. The summed E-state index contributed by atoms with van der Waals surface area (Å²) in [4.78, 5) is 12.4. The Morgan fingerprint density at radius 1 is 0.882 bits per heavy atom. The third-order valence-corrected chi connectivity index (χ3v) is 7.26. The third-order valence-electron chi connectivity index (χ3n) is 6.38. The quantitative estimate of drug-likeness (QED) is 0.314. The van der Waals surface area contributed by atoms with E-state index in [9.17, 15) is 15.0 Å². The molecule has 0 aliphatic heterocycles. The maximum absolute atomic E-state index is 12.4. The first-order valence-electron chi connectivity index (χ1n) is 11.2. The molecular weight excluding hydrogens is 494 g/mol. The van der Waals surface area contributed by atoms with Crippen LogP contribution in [0.25, 0.3) is 21.9 Å². The van der Waals surface area contributed by atoms with Crippen LogP contribution in [-0.2, 0) is 4.74 Å². The van der Waals surface area contributed by atoms with Gasteiger partial charge in [0.05, 0.1) is 0 Å². The molecule has 6 heteroatoms. The summed E-state index contributed by atoms with van der Waals surface area (Å²) in [6, 6.07) is 27.7. The molecule has 0 aromatic heterocycles. The Labute approximate surface area is 206 Å². The molecule has 1 aliphatic carbocycles. The van der Waals surface area contributed by atoms with Crippen LogP contribution in [0, 0.1) is 0 Å². The minimum atomic E-state index is -1.20. The number of hydrogen-bond acceptors (Lipinski definition) is 4. The lowest BCUT2D eigenvalue weighted by Crippen LogP contribution is -2.36. The molecule has 2 atom stereocenters. The van der Waals surface area contributed by atoms with Crippen molar-refractivity contribution >= 4 is 32.8 Å². The van der Waals surface area contributed by atoms with Crippen LogP contribution in [0.15, 0.2) is 89.4 Å². The fourth-order valence-corrected chi connectivity index (χ4v) is 5.36. The SMILES string of the molecule is O=C(NCC(O)C(O)c1ccc2ccccc2c1Br)OCC1c2ccccc2-c2ccccc21. The van der Waals surface area contributed by atoms with Gasteiger partial charge in [-0.1, -0.05) is 84.9 Å². The van der Waals surface area contributed by atoms with Crippen molar-refractivity contribution in [2.45, 2.75) is 18.1 Å². The highest BCUT2D eigenvalue weighted by Crippen LogP contribution is 2.44. The topological polar surface area (TPSA) is 78.8 Å². The van der Waals surface area contributed by atoms with E-state index in [4.69, 9.17) is 4.74 Å². The van der Waals surface area contributed by atoms with E-state index in [2.05, 4.69) is 45.5 Å². The van der Waals surface area contributed by atoms with E-state index < -0.39 is 18.3 Å². The molecule has 0 saturated heterocycles. The van der Waals surface area contributed by atoms with Crippen LogP contribution in [0.4, 0.5) is 4.79 Å². The van der Waals surface area contributed by atoms with Crippen molar-refractivity contribution in [1.29, 1.82) is 0 Å². The van der Waals surface area contributed by atoms with Gasteiger partial charge in [0.1, 0.15) is 18.8 Å². The summed E-state index contributed by atoms with van der Waals surface area (Å²) in [6.45, 7) is 0.0475. The van der Waals surface area contributed by atoms with Gasteiger partial charge >= 0.3 is 6.09 Å². The molecule has 0 radical (unpaired) electrons. The molecule has 0 bridgehead atoms. The zero-order valence-electron chi connectivity index (χ0n) is 18.3. The van der Waals surface area contributed by atoms with E-state index in [0.717, 1.165) is 37.5 Å². The molecule has 34 heavy (non-hydrogen) atoms. The van der Waals surface area contributed by atoms with Crippen LogP contribution in [-0.4, -0.2) is 35.6 Å². The third kappa shape index (κ3) is 4.20. The number of amides is 1. The van der Waals surface area contributed by atoms with Crippen LogP contribution in [0.1, 0.15) is 28.7 Å². The van der Waals surface area contributed by atoms with Crippen molar-refractivity contribution in [3.05, 3.63) is 106 Å². The lowest BCUT2D eigenvalue weighted by molar-refractivity contribution is 0.0182. The molecule has 2 unspecified atom stereocenters. The highest BCUT2D eigenvalue weighted by molar-refractivity contribution is 9.10. The predicted octanol–water partition coefficient (Wildman–Crippen LogP) is 5.54. The molecule has 1 aliphatic rings. The Morgan fingerprint density at radius 3 is 2.21 bits per heavy atom. The number of rotatable bonds is 6. The maximum atomic E-state index is 12.4. The second-order valence-electron chi connectivity index (χ2n) is 8.41. The summed E-state index contributed by atoms with van der Waals surface area (Å²) in [5.74, 6) is -0.0396. The van der Waals surface area contributed by atoms with Gasteiger partial charge in [0, 0.05) is 16.9 Å². The zero-order valence-corrected chi connectivity index (χ0v) is 19.9. The molecule has 5 rings (SSSR count). The average molecular weight is 518 g/mol. The lowest BCUT2D eigenvalue weighted by Gasteiger charge is -2.21. The van der Waals surface area contributed by atoms with Crippen molar-refractivity contribution in [3.63, 3.8) is 0 Å². The highest BCUT2D eigenvalue weighted by Gasteiger charge is 2.29. The molecule has 0 saturated carbocycles. The van der Waals surface area contributed by atoms with E-state index >= 15 is 0 Å². The summed E-state index contributed by atoms with van der Waals surface area (Å²) >= 11 is 3.54. The van der Waals surface area contributed by atoms with Gasteiger partial charge in [0.15, 0.2) is 0 Å². The fraction of sp³-hybridized carbons (Fsp3) is 0.179. The van der Waals surface area contributed by atoms with Gasteiger partial charge in [-0.2, -0.15) is 0 Å². The Hall–Kier alpha value is -3.19. The minimum Gasteiger partial charge on any atom is -0.449 e. The smallest absolute Gasteiger partial charge is 0.407 e. The maximum Gasteiger partial charge on any atom is 0.407 e. The van der Waals surface area contributed by atoms with Crippen molar-refractivity contribution in [2.24, 2.45) is 0 Å². The van der Waals surface area contributed by atoms with Crippen LogP contribution < -0.4 is 5.32 Å². The van der Waals surface area contributed by atoms with Crippen molar-refractivity contribution in [1.82, 2.24) is 5.32 Å². The van der Waals surface area contributed by atoms with Gasteiger partial charge < -0.3 is 20.3 Å². The molecular formula is C28H24BrNO4. The van der Waals surface area contributed by atoms with Crippen molar-refractivity contribution in [2.75, 3.05) is 13.2 Å². The number of benzene rings is 4. The number of halogens is 1. The molecule has 0 heterocycles. The number of aliphatic hydroxyl groups excluding tert-OH is 2. The van der Waals surface area contributed by atoms with E-state index in [1.165, 1.54) is 0 Å². The average Bonchev–Trinajstić information content (AvgIpc) is 3.19. The molecule has 4 aromatic rings. The number of hydrogen-bond donors (Lipinski definition) is 3. The summed E-state index contributed by atoms with van der Waals surface area (Å²) < 4.78 is 6.23. The van der Waals surface area contributed by atoms with Gasteiger partial charge in [-0.15, -0.1) is 0 Å². The number of fused-ring (bicyclic) bond motifs is 4. The Morgan fingerprint density at radius 2 is 1.50 bits per heavy atom. The highest BCUT2D eigenvalue weighted by atomic mass is 79.9. The van der Waals surface area contributed by atoms with Gasteiger partial charge in [0.2, 0.25) is 0 Å². The Balaban J connectivity index is 1.21. The lowest BCUT2D eigenvalue weighted by atomic mass is 9.98. The first-order valence-corrected chi connectivity index (χ1v) is 12.0. The number of ether oxygens (including phenoxy) is 1. The number of nitrogens with one attached hydrogen (secondary N) is 1. The van der Waals surface area contributed by atoms with E-state index in [-0.39, 0.29) is 19.1 Å². The summed E-state index contributed by atoms with van der Waals surface area (Å²) in [6.07, 6.45) is -3.00. The number of alkyl carbamates (subject to hydrolysis) is 1. The van der Waals surface area contributed by atoms with E-state index in [1.807, 2.05) is 54.6 Å². The van der Waals surface area contributed by atoms with Gasteiger partial charge in [-0.05, 0) is 54.5 Å². The van der Waals surface area contributed by atoms with Crippen LogP contribution in [0.2, 0.25) is 0 Å². The molecule has 5 nitrogen and oxygen atoms in total. The van der Waals surface area contributed by atoms with E-state index in [0.29, 0.717) is 5.56 Å². The largest absolute Gasteiger partial charge is 0.449 e. The van der Waals surface area contributed by atoms with Crippen molar-refractivity contribution in [3.8, 4) is 11.1 Å². The number of aliphatic hydroxyl groups is 2. The normalized spacial score (nSPS) is 14.3. The zero-order chi connectivity index (χ0) is 23.7. The van der Waals surface area contributed by atoms with Crippen molar-refractivity contribution < 1.29 is 19.7 Å². The summed E-state index contributed by atoms with van der Waals surface area (Å²) in [7, 11) is 0. The van der Waals surface area contributed by atoms with Gasteiger partial charge in [-0.25, -0.2) is 4.79 Å². The first-order chi connectivity index (χ1) is 16.5. The van der Waals surface area contributed by atoms with E-state index in [1.54, 1.807) is 6.07 Å². The summed E-state index contributed by atoms with van der Waals surface area (Å²) in [5, 5.41) is 25.7. The van der Waals surface area contributed by atoms with Gasteiger partial charge in [0.25, 0.3) is 0 Å². The van der Waals surface area contributed by atoms with Crippen LogP contribution >= 0.6 is 15.9 Å². The molecule has 0 fully saturated rings. The summed E-state index contributed by atoms with van der Waals surface area (Å²) in [5.41, 5.74) is 5.14. The molecule has 4 aromatic carbocycles.